The van der Waals surface area contributed by atoms with Gasteiger partial charge in [0.25, 0.3) is 0 Å². The standard InChI is InChI=1S/C24H36N4O6/c1-15(2)11-20(24(32)33)27-23(31)19-13-16-9-10-18(12-17(16)14-25-19)26-21(29)7-5-3-4-6-8-22(30)28-34/h9-10,12,15,19-20,25,34H,3-8,11,13-14H2,1-2H3,(H,26,29)(H,27,31)(H,28,30)(H,32,33). The van der Waals surface area contributed by atoms with Crippen molar-refractivity contribution < 1.29 is 29.5 Å². The Morgan fingerprint density at radius 1 is 1.03 bits per heavy atom. The molecule has 188 valence electrons. The fourth-order valence-corrected chi connectivity index (χ4v) is 3.95. The van der Waals surface area contributed by atoms with Gasteiger partial charge in [0.2, 0.25) is 17.7 Å². The number of benzene rings is 1. The minimum absolute atomic E-state index is 0.0843. The first-order chi connectivity index (χ1) is 16.2. The summed E-state index contributed by atoms with van der Waals surface area (Å²) in [4.78, 5) is 47.2. The van der Waals surface area contributed by atoms with Gasteiger partial charge < -0.3 is 21.1 Å². The number of carboxylic acids is 1. The molecular weight excluding hydrogens is 440 g/mol. The molecule has 0 aliphatic carbocycles. The highest BCUT2D eigenvalue weighted by Crippen LogP contribution is 2.22. The summed E-state index contributed by atoms with van der Waals surface area (Å²) >= 11 is 0. The molecule has 0 fully saturated rings. The van der Waals surface area contributed by atoms with Crippen LogP contribution in [0.2, 0.25) is 0 Å². The number of amides is 3. The number of unbranched alkanes of at least 4 members (excludes halogenated alkanes) is 3. The smallest absolute Gasteiger partial charge is 0.326 e. The van der Waals surface area contributed by atoms with Crippen molar-refractivity contribution >= 4 is 29.4 Å². The van der Waals surface area contributed by atoms with Gasteiger partial charge in [-0.25, -0.2) is 10.3 Å². The number of aliphatic carboxylic acids is 1. The summed E-state index contributed by atoms with van der Waals surface area (Å²) < 4.78 is 0. The molecule has 0 bridgehead atoms. The maximum atomic E-state index is 12.6. The Morgan fingerprint density at radius 2 is 1.71 bits per heavy atom. The number of rotatable bonds is 13. The number of carbonyl (C=O) groups excluding carboxylic acids is 3. The van der Waals surface area contributed by atoms with Crippen LogP contribution in [0.15, 0.2) is 18.2 Å². The minimum atomic E-state index is -1.03. The number of hydroxylamine groups is 1. The van der Waals surface area contributed by atoms with Crippen molar-refractivity contribution in [2.75, 3.05) is 5.32 Å². The Bertz CT molecular complexity index is 873. The summed E-state index contributed by atoms with van der Waals surface area (Å²) in [5.74, 6) is -1.70. The van der Waals surface area contributed by atoms with Crippen molar-refractivity contribution in [2.24, 2.45) is 5.92 Å². The molecule has 1 aromatic carbocycles. The number of hydrogen-bond acceptors (Lipinski definition) is 6. The van der Waals surface area contributed by atoms with E-state index in [1.165, 1.54) is 0 Å². The summed E-state index contributed by atoms with van der Waals surface area (Å²) in [7, 11) is 0. The molecule has 2 atom stereocenters. The average molecular weight is 477 g/mol. The molecule has 10 nitrogen and oxygen atoms in total. The Morgan fingerprint density at radius 3 is 2.32 bits per heavy atom. The quantitative estimate of drug-likeness (QED) is 0.145. The Labute approximate surface area is 199 Å². The Balaban J connectivity index is 1.80. The third-order valence-corrected chi connectivity index (χ3v) is 5.77. The number of anilines is 1. The first-order valence-corrected chi connectivity index (χ1v) is 11.8. The zero-order chi connectivity index (χ0) is 25.1. The molecule has 34 heavy (non-hydrogen) atoms. The summed E-state index contributed by atoms with van der Waals surface area (Å²) in [5, 5.41) is 26.5. The van der Waals surface area contributed by atoms with E-state index in [1.54, 1.807) is 5.48 Å². The SMILES string of the molecule is CC(C)CC(NC(=O)C1Cc2ccc(NC(=O)CCCCCCC(=O)NO)cc2CN1)C(=O)O. The molecule has 0 radical (unpaired) electrons. The maximum absolute atomic E-state index is 12.6. The van der Waals surface area contributed by atoms with Gasteiger partial charge in [-0.15, -0.1) is 0 Å². The monoisotopic (exact) mass is 476 g/mol. The highest BCUT2D eigenvalue weighted by Gasteiger charge is 2.28. The molecule has 3 amide bonds. The second-order valence-electron chi connectivity index (χ2n) is 9.15. The van der Waals surface area contributed by atoms with Crippen LogP contribution in [-0.2, 0) is 32.1 Å². The molecule has 1 aliphatic heterocycles. The molecule has 1 aliphatic rings. The van der Waals surface area contributed by atoms with E-state index in [4.69, 9.17) is 5.21 Å². The zero-order valence-electron chi connectivity index (χ0n) is 19.9. The lowest BCUT2D eigenvalue weighted by molar-refractivity contribution is -0.142. The van der Waals surface area contributed by atoms with Gasteiger partial charge in [0, 0.05) is 25.1 Å². The molecule has 0 spiro atoms. The van der Waals surface area contributed by atoms with Crippen molar-refractivity contribution in [3.8, 4) is 0 Å². The summed E-state index contributed by atoms with van der Waals surface area (Å²) in [5.41, 5.74) is 4.26. The fourth-order valence-electron chi connectivity index (χ4n) is 3.95. The number of carboxylic acid groups (broad SMARTS) is 1. The van der Waals surface area contributed by atoms with E-state index in [1.807, 2.05) is 32.0 Å². The zero-order valence-corrected chi connectivity index (χ0v) is 19.9. The molecule has 6 N–H and O–H groups in total. The van der Waals surface area contributed by atoms with Crippen molar-refractivity contribution in [1.82, 2.24) is 16.1 Å². The number of carbonyl (C=O) groups is 4. The largest absolute Gasteiger partial charge is 0.480 e. The van der Waals surface area contributed by atoms with Gasteiger partial charge in [-0.1, -0.05) is 32.8 Å². The first kappa shape index (κ1) is 27.3. The van der Waals surface area contributed by atoms with Gasteiger partial charge in [0.05, 0.1) is 6.04 Å². The van der Waals surface area contributed by atoms with Crippen molar-refractivity contribution in [3.63, 3.8) is 0 Å². The van der Waals surface area contributed by atoms with Gasteiger partial charge in [0.1, 0.15) is 6.04 Å². The Hall–Kier alpha value is -2.98. The van der Waals surface area contributed by atoms with Crippen LogP contribution in [0.3, 0.4) is 0 Å². The van der Waals surface area contributed by atoms with E-state index in [2.05, 4.69) is 16.0 Å². The van der Waals surface area contributed by atoms with Crippen LogP contribution in [0.25, 0.3) is 0 Å². The fraction of sp³-hybridized carbons (Fsp3) is 0.583. The van der Waals surface area contributed by atoms with Gasteiger partial charge >= 0.3 is 5.97 Å². The van der Waals surface area contributed by atoms with Crippen LogP contribution >= 0.6 is 0 Å². The predicted octanol–water partition coefficient (Wildman–Crippen LogP) is 2.10. The van der Waals surface area contributed by atoms with E-state index in [0.29, 0.717) is 44.3 Å². The second-order valence-corrected chi connectivity index (χ2v) is 9.15. The maximum Gasteiger partial charge on any atom is 0.326 e. The summed E-state index contributed by atoms with van der Waals surface area (Å²) in [6.07, 6.45) is 4.47. The second kappa shape index (κ2) is 13.7. The highest BCUT2D eigenvalue weighted by molar-refractivity contribution is 5.91. The average Bonchev–Trinajstić information content (AvgIpc) is 2.79. The molecule has 2 rings (SSSR count). The van der Waals surface area contributed by atoms with Gasteiger partial charge in [0.15, 0.2) is 0 Å². The number of fused-ring (bicyclic) bond motifs is 1. The van der Waals surface area contributed by atoms with E-state index in [-0.39, 0.29) is 24.2 Å². The third kappa shape index (κ3) is 9.11. The topological polar surface area (TPSA) is 157 Å². The summed E-state index contributed by atoms with van der Waals surface area (Å²) in [6.45, 7) is 4.27. The van der Waals surface area contributed by atoms with Crippen LogP contribution in [0.4, 0.5) is 5.69 Å². The van der Waals surface area contributed by atoms with Crippen LogP contribution in [0.5, 0.6) is 0 Å². The molecular formula is C24H36N4O6. The van der Waals surface area contributed by atoms with Crippen molar-refractivity contribution in [1.29, 1.82) is 0 Å². The van der Waals surface area contributed by atoms with Crippen LogP contribution in [0.1, 0.15) is 69.9 Å². The molecule has 10 heteroatoms. The lowest BCUT2D eigenvalue weighted by Gasteiger charge is -2.27. The minimum Gasteiger partial charge on any atom is -0.480 e. The molecule has 0 saturated carbocycles. The molecule has 0 aromatic heterocycles. The molecule has 1 heterocycles. The van der Waals surface area contributed by atoms with Crippen LogP contribution in [0, 0.1) is 5.92 Å². The lowest BCUT2D eigenvalue weighted by Crippen LogP contribution is -2.52. The van der Waals surface area contributed by atoms with Crippen molar-refractivity contribution in [2.45, 2.75) is 83.8 Å². The van der Waals surface area contributed by atoms with E-state index in [9.17, 15) is 24.3 Å². The van der Waals surface area contributed by atoms with Gasteiger partial charge in [-0.2, -0.15) is 0 Å². The molecule has 1 aromatic rings. The Kier molecular flexibility index (Phi) is 11.0. The molecule has 0 saturated heterocycles. The number of nitrogens with one attached hydrogen (secondary N) is 4. The van der Waals surface area contributed by atoms with Crippen molar-refractivity contribution in [3.05, 3.63) is 29.3 Å². The van der Waals surface area contributed by atoms with Gasteiger partial charge in [-0.3, -0.25) is 19.6 Å². The molecule has 2 unspecified atom stereocenters. The third-order valence-electron chi connectivity index (χ3n) is 5.77. The highest BCUT2D eigenvalue weighted by atomic mass is 16.5. The van der Waals surface area contributed by atoms with Crippen LogP contribution in [-0.4, -0.2) is 46.1 Å². The van der Waals surface area contributed by atoms with E-state index >= 15 is 0 Å². The van der Waals surface area contributed by atoms with E-state index < -0.39 is 24.0 Å². The van der Waals surface area contributed by atoms with Crippen LogP contribution < -0.4 is 21.4 Å². The number of hydrogen-bond donors (Lipinski definition) is 6. The van der Waals surface area contributed by atoms with E-state index in [0.717, 1.165) is 24.0 Å². The summed E-state index contributed by atoms with van der Waals surface area (Å²) in [6, 6.07) is 4.17. The van der Waals surface area contributed by atoms with Gasteiger partial charge in [-0.05, 0) is 54.9 Å². The first-order valence-electron chi connectivity index (χ1n) is 11.8. The predicted molar refractivity (Wildman–Crippen MR) is 126 cm³/mol. The lowest BCUT2D eigenvalue weighted by atomic mass is 9.94. The normalized spacial score (nSPS) is 15.8.